The number of hydrogen-bond donors (Lipinski definition) is 2. The first-order valence-electron chi connectivity index (χ1n) is 5.04. The molecule has 5 nitrogen and oxygen atoms in total. The second-order valence-corrected chi connectivity index (χ2v) is 4.06. The zero-order valence-corrected chi connectivity index (χ0v) is 9.08. The number of carboxylic acid groups (broad SMARTS) is 1. The van der Waals surface area contributed by atoms with Crippen molar-refractivity contribution in [3.8, 4) is 0 Å². The highest BCUT2D eigenvalue weighted by atomic mass is 16.5. The van der Waals surface area contributed by atoms with Crippen LogP contribution in [-0.4, -0.2) is 36.7 Å². The van der Waals surface area contributed by atoms with Crippen molar-refractivity contribution < 1.29 is 19.4 Å². The number of carboxylic acids is 1. The van der Waals surface area contributed by atoms with Crippen LogP contribution in [0.25, 0.3) is 0 Å². The third-order valence-electron chi connectivity index (χ3n) is 2.84. The van der Waals surface area contributed by atoms with E-state index >= 15 is 0 Å². The summed E-state index contributed by atoms with van der Waals surface area (Å²) in [6.45, 7) is 2.00. The maximum absolute atomic E-state index is 11.7. The number of rotatable bonds is 6. The van der Waals surface area contributed by atoms with Gasteiger partial charge in [-0.15, -0.1) is 0 Å². The van der Waals surface area contributed by atoms with Gasteiger partial charge < -0.3 is 15.2 Å². The van der Waals surface area contributed by atoms with E-state index in [4.69, 9.17) is 9.84 Å². The Labute approximate surface area is 88.8 Å². The molecule has 0 aromatic heterocycles. The van der Waals surface area contributed by atoms with Crippen LogP contribution in [0.5, 0.6) is 0 Å². The van der Waals surface area contributed by atoms with Crippen molar-refractivity contribution in [1.29, 1.82) is 0 Å². The van der Waals surface area contributed by atoms with Crippen LogP contribution in [0, 0.1) is 5.41 Å². The number of methoxy groups -OCH3 is 1. The number of carbonyl (C=O) groups is 2. The molecule has 1 fully saturated rings. The van der Waals surface area contributed by atoms with Crippen molar-refractivity contribution in [2.24, 2.45) is 5.41 Å². The third-order valence-corrected chi connectivity index (χ3v) is 2.84. The number of nitrogens with one attached hydrogen (secondary N) is 1. The van der Waals surface area contributed by atoms with Gasteiger partial charge in [0.25, 0.3) is 0 Å². The lowest BCUT2D eigenvalue weighted by Gasteiger charge is -2.16. The Morgan fingerprint density at radius 2 is 2.13 bits per heavy atom. The van der Waals surface area contributed by atoms with Gasteiger partial charge in [-0.2, -0.15) is 0 Å². The predicted molar refractivity (Wildman–Crippen MR) is 53.4 cm³/mol. The molecule has 1 rings (SSSR count). The molecule has 5 heteroatoms. The molecule has 86 valence electrons. The number of carbonyl (C=O) groups excluding carboxylic acids is 1. The van der Waals surface area contributed by atoms with Gasteiger partial charge in [0, 0.05) is 13.7 Å². The zero-order chi connectivity index (χ0) is 11.5. The summed E-state index contributed by atoms with van der Waals surface area (Å²) in [5.74, 6) is -1.17. The molecule has 1 atom stereocenters. The van der Waals surface area contributed by atoms with Gasteiger partial charge in [-0.3, -0.25) is 9.59 Å². The van der Waals surface area contributed by atoms with E-state index in [1.54, 1.807) is 7.11 Å². The Bertz CT molecular complexity index is 260. The van der Waals surface area contributed by atoms with Gasteiger partial charge in [0.1, 0.15) is 6.04 Å². The first kappa shape index (κ1) is 12.0. The van der Waals surface area contributed by atoms with Crippen LogP contribution >= 0.6 is 0 Å². The van der Waals surface area contributed by atoms with Crippen LogP contribution in [-0.2, 0) is 14.3 Å². The minimum absolute atomic E-state index is 0.158. The smallest absolute Gasteiger partial charge is 0.325 e. The number of aliphatic carboxylic acids is 1. The number of ether oxygens (including phenoxy) is 1. The average molecular weight is 215 g/mol. The molecule has 0 saturated heterocycles. The Hall–Kier alpha value is -1.10. The quantitative estimate of drug-likeness (QED) is 0.672. The zero-order valence-electron chi connectivity index (χ0n) is 9.08. The summed E-state index contributed by atoms with van der Waals surface area (Å²) in [6, 6.07) is -0.822. The molecule has 0 spiro atoms. The van der Waals surface area contributed by atoms with Crippen molar-refractivity contribution in [3.05, 3.63) is 0 Å². The molecule has 2 N–H and O–H groups in total. The normalized spacial score (nSPS) is 19.3. The summed E-state index contributed by atoms with van der Waals surface area (Å²) in [5.41, 5.74) is -0.361. The topological polar surface area (TPSA) is 75.6 Å². The molecule has 0 radical (unpaired) electrons. The molecule has 15 heavy (non-hydrogen) atoms. The van der Waals surface area contributed by atoms with Crippen LogP contribution in [0.1, 0.15) is 26.2 Å². The van der Waals surface area contributed by atoms with Crippen LogP contribution in [0.15, 0.2) is 0 Å². The van der Waals surface area contributed by atoms with Gasteiger partial charge in [-0.1, -0.05) is 0 Å². The van der Waals surface area contributed by atoms with E-state index < -0.39 is 12.0 Å². The lowest BCUT2D eigenvalue weighted by Crippen LogP contribution is -2.42. The van der Waals surface area contributed by atoms with Gasteiger partial charge in [0.15, 0.2) is 0 Å². The minimum Gasteiger partial charge on any atom is -0.480 e. The van der Waals surface area contributed by atoms with Gasteiger partial charge in [0.2, 0.25) is 5.91 Å². The first-order chi connectivity index (χ1) is 7.02. The predicted octanol–water partition coefficient (Wildman–Crippen LogP) is 0.392. The summed E-state index contributed by atoms with van der Waals surface area (Å²) in [6.07, 6.45) is 2.32. The molecular weight excluding hydrogens is 198 g/mol. The van der Waals surface area contributed by atoms with Crippen LogP contribution in [0.2, 0.25) is 0 Å². The molecule has 0 aliphatic heterocycles. The Morgan fingerprint density at radius 1 is 1.53 bits per heavy atom. The van der Waals surface area contributed by atoms with Crippen molar-refractivity contribution in [3.63, 3.8) is 0 Å². The van der Waals surface area contributed by atoms with Gasteiger partial charge in [-0.05, 0) is 26.2 Å². The number of hydrogen-bond acceptors (Lipinski definition) is 3. The molecule has 1 aliphatic rings. The Morgan fingerprint density at radius 3 is 2.53 bits per heavy atom. The maximum atomic E-state index is 11.7. The second kappa shape index (κ2) is 4.61. The first-order valence-corrected chi connectivity index (χ1v) is 5.04. The maximum Gasteiger partial charge on any atom is 0.325 e. The fourth-order valence-electron chi connectivity index (χ4n) is 1.45. The minimum atomic E-state index is -1.01. The van der Waals surface area contributed by atoms with Gasteiger partial charge in [0.05, 0.1) is 5.41 Å². The fourth-order valence-corrected chi connectivity index (χ4v) is 1.45. The number of amides is 1. The lowest BCUT2D eigenvalue weighted by atomic mass is 10.0. The highest BCUT2D eigenvalue weighted by molar-refractivity contribution is 5.89. The largest absolute Gasteiger partial charge is 0.480 e. The molecule has 1 aliphatic carbocycles. The van der Waals surface area contributed by atoms with Crippen molar-refractivity contribution in [2.45, 2.75) is 32.2 Å². The summed E-state index contributed by atoms with van der Waals surface area (Å²) < 4.78 is 4.92. The highest BCUT2D eigenvalue weighted by Gasteiger charge is 2.49. The summed E-state index contributed by atoms with van der Waals surface area (Å²) in [7, 11) is 1.59. The van der Waals surface area contributed by atoms with Crippen LogP contribution in [0.3, 0.4) is 0 Å². The van der Waals surface area contributed by atoms with Crippen LogP contribution < -0.4 is 5.32 Å². The van der Waals surface area contributed by atoms with E-state index in [0.29, 0.717) is 13.0 Å². The summed E-state index contributed by atoms with van der Waals surface area (Å²) in [5, 5.41) is 11.2. The molecule has 0 bridgehead atoms. The lowest BCUT2D eigenvalue weighted by molar-refractivity contribution is -0.142. The molecule has 0 aromatic carbocycles. The van der Waals surface area contributed by atoms with Crippen molar-refractivity contribution in [1.82, 2.24) is 5.32 Å². The highest BCUT2D eigenvalue weighted by Crippen LogP contribution is 2.49. The van der Waals surface area contributed by atoms with E-state index in [-0.39, 0.29) is 11.3 Å². The van der Waals surface area contributed by atoms with E-state index in [2.05, 4.69) is 5.32 Å². The van der Waals surface area contributed by atoms with E-state index in [1.807, 2.05) is 0 Å². The second-order valence-electron chi connectivity index (χ2n) is 4.06. The third kappa shape index (κ3) is 2.92. The molecule has 1 saturated carbocycles. The molecule has 0 aromatic rings. The van der Waals surface area contributed by atoms with E-state index in [9.17, 15) is 9.59 Å². The molecule has 0 heterocycles. The monoisotopic (exact) mass is 215 g/mol. The van der Waals surface area contributed by atoms with Gasteiger partial charge in [-0.25, -0.2) is 0 Å². The van der Waals surface area contributed by atoms with Crippen LogP contribution in [0.4, 0.5) is 0 Å². The molecular formula is C10H17NO4. The molecule has 1 amide bonds. The summed E-state index contributed by atoms with van der Waals surface area (Å²) >= 11 is 0. The SMILES string of the molecule is COCCC1(C(=O)N[C@H](C)C(=O)O)CC1. The Kier molecular flexibility index (Phi) is 3.68. The summed E-state index contributed by atoms with van der Waals surface area (Å²) in [4.78, 5) is 22.3. The van der Waals surface area contributed by atoms with E-state index in [1.165, 1.54) is 6.92 Å². The van der Waals surface area contributed by atoms with Crippen molar-refractivity contribution in [2.75, 3.05) is 13.7 Å². The Balaban J connectivity index is 2.43. The molecule has 0 unspecified atom stereocenters. The van der Waals surface area contributed by atoms with E-state index in [0.717, 1.165) is 12.8 Å². The fraction of sp³-hybridized carbons (Fsp3) is 0.800. The standard InChI is InChI=1S/C10H17NO4/c1-7(8(12)13)11-9(14)10(3-4-10)5-6-15-2/h7H,3-6H2,1-2H3,(H,11,14)(H,12,13)/t7-/m1/s1. The average Bonchev–Trinajstić information content (AvgIpc) is 2.95. The van der Waals surface area contributed by atoms with Gasteiger partial charge >= 0.3 is 5.97 Å². The van der Waals surface area contributed by atoms with Crippen molar-refractivity contribution >= 4 is 11.9 Å².